The second kappa shape index (κ2) is 9.92. The van der Waals surface area contributed by atoms with Crippen LogP contribution in [0.3, 0.4) is 0 Å². The quantitative estimate of drug-likeness (QED) is 0.530. The first-order valence-electron chi connectivity index (χ1n) is 11.7. The van der Waals surface area contributed by atoms with Gasteiger partial charge in [-0.3, -0.25) is 4.68 Å². The molecular formula is C23H28F2N10. The number of amidine groups is 1. The van der Waals surface area contributed by atoms with Gasteiger partial charge in [0.1, 0.15) is 17.2 Å². The number of benzene rings is 1. The van der Waals surface area contributed by atoms with E-state index >= 15 is 0 Å². The number of piperidine rings is 1. The highest BCUT2D eigenvalue weighted by Crippen LogP contribution is 2.29. The molecule has 0 aliphatic carbocycles. The van der Waals surface area contributed by atoms with E-state index in [0.29, 0.717) is 16.8 Å². The highest BCUT2D eigenvalue weighted by Gasteiger charge is 2.31. The van der Waals surface area contributed by atoms with Crippen molar-refractivity contribution in [1.82, 2.24) is 35.5 Å². The molecule has 5 rings (SSSR count). The van der Waals surface area contributed by atoms with Crippen molar-refractivity contribution in [1.29, 1.82) is 0 Å². The summed E-state index contributed by atoms with van der Waals surface area (Å²) in [4.78, 5) is 6.80. The van der Waals surface area contributed by atoms with E-state index < -0.39 is 11.6 Å². The van der Waals surface area contributed by atoms with Gasteiger partial charge in [-0.1, -0.05) is 17.7 Å². The fourth-order valence-electron chi connectivity index (χ4n) is 4.43. The molecule has 0 atom stereocenters. The molecule has 2 aliphatic rings. The molecule has 1 saturated heterocycles. The third-order valence-corrected chi connectivity index (χ3v) is 6.26. The lowest BCUT2D eigenvalue weighted by Crippen LogP contribution is -2.44. The largest absolute Gasteiger partial charge is 0.383 e. The number of hydrogen-bond donors (Lipinski definition) is 2. The lowest BCUT2D eigenvalue weighted by molar-refractivity contribution is 0.221. The Morgan fingerprint density at radius 2 is 1.94 bits per heavy atom. The van der Waals surface area contributed by atoms with Crippen LogP contribution in [-0.4, -0.2) is 62.5 Å². The van der Waals surface area contributed by atoms with Gasteiger partial charge < -0.3 is 10.6 Å². The Morgan fingerprint density at radius 3 is 2.77 bits per heavy atom. The summed E-state index contributed by atoms with van der Waals surface area (Å²) in [6, 6.07) is 5.72. The minimum Gasteiger partial charge on any atom is -0.383 e. The number of nitrogen functional groups attached to an aromatic ring is 1. The van der Waals surface area contributed by atoms with Crippen molar-refractivity contribution in [2.24, 2.45) is 5.10 Å². The number of anilines is 2. The molecule has 0 spiro atoms. The van der Waals surface area contributed by atoms with Crippen molar-refractivity contribution in [2.45, 2.75) is 32.2 Å². The Balaban J connectivity index is 1.35. The molecule has 3 aromatic rings. The van der Waals surface area contributed by atoms with Gasteiger partial charge in [-0.15, -0.1) is 15.3 Å². The van der Waals surface area contributed by atoms with E-state index in [1.807, 2.05) is 10.9 Å². The van der Waals surface area contributed by atoms with E-state index in [2.05, 4.69) is 30.8 Å². The van der Waals surface area contributed by atoms with E-state index in [1.54, 1.807) is 19.3 Å². The second-order valence-electron chi connectivity index (χ2n) is 8.72. The molecule has 184 valence electrons. The van der Waals surface area contributed by atoms with Crippen molar-refractivity contribution in [3.05, 3.63) is 53.9 Å². The summed E-state index contributed by atoms with van der Waals surface area (Å²) in [5, 5.41) is 15.6. The fourth-order valence-corrected chi connectivity index (χ4v) is 4.43. The molecule has 10 nitrogen and oxygen atoms in total. The van der Waals surface area contributed by atoms with Crippen LogP contribution in [0, 0.1) is 11.6 Å². The molecule has 0 bridgehead atoms. The van der Waals surface area contributed by atoms with Gasteiger partial charge in [-0.25, -0.2) is 24.3 Å². The molecule has 12 heteroatoms. The first kappa shape index (κ1) is 23.1. The number of nitrogens with one attached hydrogen (secondary N) is 1. The maximum absolute atomic E-state index is 14.6. The van der Waals surface area contributed by atoms with Crippen molar-refractivity contribution in [2.75, 3.05) is 37.4 Å². The summed E-state index contributed by atoms with van der Waals surface area (Å²) in [6.45, 7) is 4.17. The molecule has 2 aliphatic heterocycles. The van der Waals surface area contributed by atoms with Gasteiger partial charge in [0.15, 0.2) is 17.5 Å². The fraction of sp³-hybridized carbons (Fsp3) is 0.391. The maximum Gasteiger partial charge on any atom is 0.184 e. The number of nitrogens with two attached hydrogens (primary N) is 1. The molecular weight excluding hydrogens is 454 g/mol. The number of halogens is 2. The molecule has 1 fully saturated rings. The molecule has 35 heavy (non-hydrogen) atoms. The van der Waals surface area contributed by atoms with Crippen LogP contribution in [0.5, 0.6) is 0 Å². The van der Waals surface area contributed by atoms with Crippen LogP contribution in [0.25, 0.3) is 11.3 Å². The first-order chi connectivity index (χ1) is 17.0. The predicted molar refractivity (Wildman–Crippen MR) is 129 cm³/mol. The zero-order valence-electron chi connectivity index (χ0n) is 19.5. The Kier molecular flexibility index (Phi) is 6.55. The number of likely N-dealkylation sites (tertiary alicyclic amines) is 1. The normalized spacial score (nSPS) is 17.0. The highest BCUT2D eigenvalue weighted by atomic mass is 19.2. The summed E-state index contributed by atoms with van der Waals surface area (Å²) < 4.78 is 30.3. The minimum absolute atomic E-state index is 0.0132. The standard InChI is InChI=1S/C23H28F2N10/c1-32-30-29-23(35(32)20-8-5-7-18(24)21(20)25)17-13-16(14-27-22(17)26)19-15-34(31-28-19)12-6-11-33-9-3-2-4-10-33/h5,7-8,13-15,30H,2-4,6,9-12H2,1H3,(H2,26,27). The van der Waals surface area contributed by atoms with Crippen molar-refractivity contribution in [3.8, 4) is 11.3 Å². The number of rotatable bonds is 7. The van der Waals surface area contributed by atoms with Crippen LogP contribution in [0.2, 0.25) is 0 Å². The Labute approximate surface area is 202 Å². The van der Waals surface area contributed by atoms with Gasteiger partial charge in [0.25, 0.3) is 0 Å². The van der Waals surface area contributed by atoms with Gasteiger partial charge in [0.2, 0.25) is 0 Å². The van der Waals surface area contributed by atoms with E-state index in [9.17, 15) is 8.78 Å². The van der Waals surface area contributed by atoms with E-state index in [-0.39, 0.29) is 17.3 Å². The zero-order valence-corrected chi connectivity index (χ0v) is 19.5. The van der Waals surface area contributed by atoms with Crippen molar-refractivity contribution < 1.29 is 8.78 Å². The lowest BCUT2D eigenvalue weighted by Gasteiger charge is -2.26. The maximum atomic E-state index is 14.6. The number of aromatic nitrogens is 4. The lowest BCUT2D eigenvalue weighted by atomic mass is 10.1. The van der Waals surface area contributed by atoms with Gasteiger partial charge in [0.05, 0.1) is 11.8 Å². The van der Waals surface area contributed by atoms with E-state index in [0.717, 1.165) is 25.6 Å². The van der Waals surface area contributed by atoms with Crippen LogP contribution < -0.4 is 16.3 Å². The van der Waals surface area contributed by atoms with Gasteiger partial charge in [0, 0.05) is 25.4 Å². The van der Waals surface area contributed by atoms with Crippen LogP contribution in [0.15, 0.2) is 41.8 Å². The number of hydrazine groups is 2. The van der Waals surface area contributed by atoms with Crippen molar-refractivity contribution in [3.63, 3.8) is 0 Å². The smallest absolute Gasteiger partial charge is 0.184 e. The molecule has 0 unspecified atom stereocenters. The predicted octanol–water partition coefficient (Wildman–Crippen LogP) is 2.61. The topological polar surface area (TPSA) is 104 Å². The van der Waals surface area contributed by atoms with Crippen LogP contribution >= 0.6 is 0 Å². The average molecular weight is 483 g/mol. The highest BCUT2D eigenvalue weighted by molar-refractivity contribution is 6.13. The number of hydrazone groups is 1. The third kappa shape index (κ3) is 4.80. The van der Waals surface area contributed by atoms with Crippen LogP contribution in [-0.2, 0) is 6.54 Å². The Bertz CT molecular complexity index is 1220. The molecule has 0 radical (unpaired) electrons. The summed E-state index contributed by atoms with van der Waals surface area (Å²) in [6.07, 6.45) is 8.36. The molecule has 0 amide bonds. The number of nitrogens with zero attached hydrogens (tertiary/aromatic N) is 8. The number of hydrogen-bond acceptors (Lipinski definition) is 9. The van der Waals surface area contributed by atoms with Crippen molar-refractivity contribution >= 4 is 17.3 Å². The number of aryl methyl sites for hydroxylation is 1. The summed E-state index contributed by atoms with van der Waals surface area (Å²) >= 11 is 0. The SMILES string of the molecule is CN1NN=C(c2cc(-c3cn(CCCN4CCCCC4)nn3)cnc2N)N1c1cccc(F)c1F. The zero-order chi connectivity index (χ0) is 24.4. The molecule has 3 N–H and O–H groups in total. The molecule has 0 saturated carbocycles. The Hall–Kier alpha value is -3.64. The molecule has 1 aromatic carbocycles. The average Bonchev–Trinajstić information content (AvgIpc) is 3.49. The summed E-state index contributed by atoms with van der Waals surface area (Å²) in [5.74, 6) is -1.48. The third-order valence-electron chi connectivity index (χ3n) is 6.26. The van der Waals surface area contributed by atoms with Gasteiger partial charge >= 0.3 is 0 Å². The molecule has 2 aromatic heterocycles. The monoisotopic (exact) mass is 482 g/mol. The second-order valence-corrected chi connectivity index (χ2v) is 8.72. The first-order valence-corrected chi connectivity index (χ1v) is 11.7. The molecule has 4 heterocycles. The number of pyridine rings is 1. The van der Waals surface area contributed by atoms with E-state index in [4.69, 9.17) is 5.73 Å². The summed E-state index contributed by atoms with van der Waals surface area (Å²) in [7, 11) is 1.63. The Morgan fingerprint density at radius 1 is 1.11 bits per heavy atom. The van der Waals surface area contributed by atoms with Crippen LogP contribution in [0.1, 0.15) is 31.2 Å². The van der Waals surface area contributed by atoms with E-state index in [1.165, 1.54) is 54.6 Å². The van der Waals surface area contributed by atoms with Gasteiger partial charge in [-0.05, 0) is 57.1 Å². The van der Waals surface area contributed by atoms with Gasteiger partial charge in [-0.2, -0.15) is 0 Å². The minimum atomic E-state index is -0.995. The summed E-state index contributed by atoms with van der Waals surface area (Å²) in [5.41, 5.74) is 10.7. The van der Waals surface area contributed by atoms with Crippen LogP contribution in [0.4, 0.5) is 20.3 Å².